The third-order valence-corrected chi connectivity index (χ3v) is 5.01. The van der Waals surface area contributed by atoms with E-state index in [0.717, 1.165) is 42.0 Å². The van der Waals surface area contributed by atoms with E-state index >= 15 is 0 Å². The highest BCUT2D eigenvalue weighted by Crippen LogP contribution is 2.24. The molecule has 23 heavy (non-hydrogen) atoms. The van der Waals surface area contributed by atoms with E-state index in [1.165, 1.54) is 37.7 Å². The van der Waals surface area contributed by atoms with Crippen molar-refractivity contribution >= 4 is 16.9 Å². The number of H-pyrrole nitrogens is 1. The maximum absolute atomic E-state index is 11.4. The lowest BCUT2D eigenvalue weighted by Crippen LogP contribution is -2.26. The van der Waals surface area contributed by atoms with Crippen LogP contribution in [0.25, 0.3) is 10.9 Å². The Morgan fingerprint density at radius 3 is 2.83 bits per heavy atom. The fourth-order valence-corrected chi connectivity index (χ4v) is 3.74. The van der Waals surface area contributed by atoms with Crippen molar-refractivity contribution in [1.82, 2.24) is 10.3 Å². The number of rotatable bonds is 6. The monoisotopic (exact) mass is 314 g/mol. The number of aromatic nitrogens is 1. The molecule has 0 spiro atoms. The maximum atomic E-state index is 11.4. The van der Waals surface area contributed by atoms with Crippen molar-refractivity contribution in [3.63, 3.8) is 0 Å². The molecule has 0 bridgehead atoms. The van der Waals surface area contributed by atoms with Crippen LogP contribution in [0.4, 0.5) is 0 Å². The first-order chi connectivity index (χ1) is 11.1. The molecule has 0 unspecified atom stereocenters. The second-order valence-electron chi connectivity index (χ2n) is 6.77. The lowest BCUT2D eigenvalue weighted by molar-refractivity contribution is 0.0698. The van der Waals surface area contributed by atoms with Crippen LogP contribution in [-0.4, -0.2) is 29.1 Å². The van der Waals surface area contributed by atoms with Crippen molar-refractivity contribution in [1.29, 1.82) is 0 Å². The van der Waals surface area contributed by atoms with Gasteiger partial charge in [-0.2, -0.15) is 0 Å². The van der Waals surface area contributed by atoms with Gasteiger partial charge in [-0.05, 0) is 62.9 Å². The number of fused-ring (bicyclic) bond motifs is 1. The van der Waals surface area contributed by atoms with Crippen molar-refractivity contribution in [2.24, 2.45) is 5.92 Å². The average Bonchev–Trinajstić information content (AvgIpc) is 2.88. The highest BCUT2D eigenvalue weighted by atomic mass is 16.4. The summed E-state index contributed by atoms with van der Waals surface area (Å²) in [6, 6.07) is 6.10. The predicted octanol–water partition coefficient (Wildman–Crippen LogP) is 3.89. The molecule has 1 aromatic heterocycles. The number of nitrogens with one attached hydrogen (secondary N) is 2. The van der Waals surface area contributed by atoms with Gasteiger partial charge in [0.15, 0.2) is 0 Å². The summed E-state index contributed by atoms with van der Waals surface area (Å²) >= 11 is 0. The summed E-state index contributed by atoms with van der Waals surface area (Å²) in [5.74, 6) is -0.0153. The molecule has 2 aromatic rings. The average molecular weight is 314 g/mol. The number of benzene rings is 1. The zero-order chi connectivity index (χ0) is 16.2. The molecule has 1 saturated carbocycles. The molecule has 0 atom stereocenters. The molecule has 4 nitrogen and oxygen atoms in total. The molecule has 4 heteroatoms. The summed E-state index contributed by atoms with van der Waals surface area (Å²) in [5.41, 5.74) is 3.21. The molecular formula is C19H26N2O2. The summed E-state index contributed by atoms with van der Waals surface area (Å²) in [5, 5.41) is 13.8. The van der Waals surface area contributed by atoms with Gasteiger partial charge in [-0.3, -0.25) is 0 Å². The van der Waals surface area contributed by atoms with Crippen LogP contribution in [-0.2, 0) is 6.42 Å². The number of carboxylic acids is 1. The smallest absolute Gasteiger partial charge is 0.338 e. The van der Waals surface area contributed by atoms with Crippen molar-refractivity contribution < 1.29 is 9.90 Å². The van der Waals surface area contributed by atoms with Gasteiger partial charge in [0.2, 0.25) is 0 Å². The van der Waals surface area contributed by atoms with E-state index in [4.69, 9.17) is 0 Å². The van der Waals surface area contributed by atoms with E-state index in [0.29, 0.717) is 5.56 Å². The molecule has 1 heterocycles. The van der Waals surface area contributed by atoms with E-state index in [9.17, 15) is 9.90 Å². The Hall–Kier alpha value is -1.81. The van der Waals surface area contributed by atoms with Gasteiger partial charge in [-0.1, -0.05) is 25.3 Å². The summed E-state index contributed by atoms with van der Waals surface area (Å²) in [6.07, 6.45) is 7.83. The zero-order valence-electron chi connectivity index (χ0n) is 13.8. The summed E-state index contributed by atoms with van der Waals surface area (Å²) in [7, 11) is 0. The number of hydrogen-bond donors (Lipinski definition) is 3. The Balaban J connectivity index is 1.59. The van der Waals surface area contributed by atoms with Gasteiger partial charge in [0.1, 0.15) is 0 Å². The third-order valence-electron chi connectivity index (χ3n) is 5.01. The maximum Gasteiger partial charge on any atom is 0.338 e. The van der Waals surface area contributed by atoms with Crippen molar-refractivity contribution in [3.8, 4) is 0 Å². The van der Waals surface area contributed by atoms with Crippen LogP contribution in [0.1, 0.15) is 53.7 Å². The SMILES string of the molecule is Cc1[nH]c2ccc(CCNCC3CCCCC3)cc2c1C(=O)O. The number of aryl methyl sites for hydroxylation is 1. The van der Waals surface area contributed by atoms with Crippen LogP contribution >= 0.6 is 0 Å². The molecule has 124 valence electrons. The number of hydrogen-bond acceptors (Lipinski definition) is 2. The number of aromatic amines is 1. The van der Waals surface area contributed by atoms with E-state index < -0.39 is 5.97 Å². The van der Waals surface area contributed by atoms with Gasteiger partial charge in [0.05, 0.1) is 5.56 Å². The first-order valence-corrected chi connectivity index (χ1v) is 8.70. The van der Waals surface area contributed by atoms with Crippen LogP contribution < -0.4 is 5.32 Å². The fourth-order valence-electron chi connectivity index (χ4n) is 3.74. The Morgan fingerprint density at radius 1 is 1.30 bits per heavy atom. The number of carboxylic acid groups (broad SMARTS) is 1. The molecule has 0 amide bonds. The van der Waals surface area contributed by atoms with Gasteiger partial charge in [-0.15, -0.1) is 0 Å². The van der Waals surface area contributed by atoms with Gasteiger partial charge in [0.25, 0.3) is 0 Å². The van der Waals surface area contributed by atoms with E-state index in [1.807, 2.05) is 19.1 Å². The molecule has 1 fully saturated rings. The normalized spacial score (nSPS) is 16.0. The van der Waals surface area contributed by atoms with Gasteiger partial charge < -0.3 is 15.4 Å². The highest BCUT2D eigenvalue weighted by Gasteiger charge is 2.15. The lowest BCUT2D eigenvalue weighted by atomic mass is 9.89. The second kappa shape index (κ2) is 7.18. The van der Waals surface area contributed by atoms with Crippen LogP contribution in [0.5, 0.6) is 0 Å². The zero-order valence-corrected chi connectivity index (χ0v) is 13.8. The van der Waals surface area contributed by atoms with Gasteiger partial charge in [0, 0.05) is 16.6 Å². The summed E-state index contributed by atoms with van der Waals surface area (Å²) in [6.45, 7) is 3.88. The van der Waals surface area contributed by atoms with Crippen LogP contribution in [0.2, 0.25) is 0 Å². The minimum absolute atomic E-state index is 0.400. The fraction of sp³-hybridized carbons (Fsp3) is 0.526. The van der Waals surface area contributed by atoms with Gasteiger partial charge >= 0.3 is 5.97 Å². The van der Waals surface area contributed by atoms with Crippen molar-refractivity contribution in [3.05, 3.63) is 35.0 Å². The second-order valence-corrected chi connectivity index (χ2v) is 6.77. The molecular weight excluding hydrogens is 288 g/mol. The van der Waals surface area contributed by atoms with E-state index in [-0.39, 0.29) is 0 Å². The van der Waals surface area contributed by atoms with E-state index in [1.54, 1.807) is 0 Å². The number of carbonyl (C=O) groups is 1. The Labute approximate surface area is 137 Å². The summed E-state index contributed by atoms with van der Waals surface area (Å²) < 4.78 is 0. The lowest BCUT2D eigenvalue weighted by Gasteiger charge is -2.21. The van der Waals surface area contributed by atoms with Gasteiger partial charge in [-0.25, -0.2) is 4.79 Å². The molecule has 1 aliphatic rings. The first kappa shape index (κ1) is 16.1. The molecule has 3 N–H and O–H groups in total. The molecule has 1 aliphatic carbocycles. The molecule has 0 radical (unpaired) electrons. The largest absolute Gasteiger partial charge is 0.478 e. The van der Waals surface area contributed by atoms with Crippen molar-refractivity contribution in [2.75, 3.05) is 13.1 Å². The molecule has 1 aromatic carbocycles. The third kappa shape index (κ3) is 3.75. The van der Waals surface area contributed by atoms with Crippen LogP contribution in [0, 0.1) is 12.8 Å². The Bertz CT molecular complexity index is 684. The molecule has 3 rings (SSSR count). The van der Waals surface area contributed by atoms with Crippen LogP contribution in [0.15, 0.2) is 18.2 Å². The summed E-state index contributed by atoms with van der Waals surface area (Å²) in [4.78, 5) is 14.6. The van der Waals surface area contributed by atoms with Crippen molar-refractivity contribution in [2.45, 2.75) is 45.4 Å². The standard InChI is InChI=1S/C19H26N2O2/c1-13-18(19(22)23)16-11-14(7-8-17(16)21-13)9-10-20-12-15-5-3-2-4-6-15/h7-8,11,15,20-21H,2-6,9-10,12H2,1H3,(H,22,23). The predicted molar refractivity (Wildman–Crippen MR) is 93.1 cm³/mol. The number of aromatic carboxylic acids is 1. The highest BCUT2D eigenvalue weighted by molar-refractivity contribution is 6.04. The minimum Gasteiger partial charge on any atom is -0.478 e. The Morgan fingerprint density at radius 2 is 2.09 bits per heavy atom. The topological polar surface area (TPSA) is 65.1 Å². The quantitative estimate of drug-likeness (QED) is 0.709. The molecule has 0 saturated heterocycles. The van der Waals surface area contributed by atoms with E-state index in [2.05, 4.69) is 16.4 Å². The molecule has 0 aliphatic heterocycles. The first-order valence-electron chi connectivity index (χ1n) is 8.70. The Kier molecular flexibility index (Phi) is 5.01. The van der Waals surface area contributed by atoms with Crippen LogP contribution in [0.3, 0.4) is 0 Å². The minimum atomic E-state index is -0.860.